The summed E-state index contributed by atoms with van der Waals surface area (Å²) in [4.78, 5) is 17.4. The van der Waals surface area contributed by atoms with Gasteiger partial charge in [-0.3, -0.25) is 9.72 Å². The Morgan fingerprint density at radius 1 is 1.00 bits per heavy atom. The van der Waals surface area contributed by atoms with E-state index >= 15 is 0 Å². The van der Waals surface area contributed by atoms with Gasteiger partial charge in [-0.1, -0.05) is 42.0 Å². The Morgan fingerprint density at radius 3 is 2.64 bits per heavy atom. The molecule has 0 aliphatic rings. The zero-order valence-electron chi connectivity index (χ0n) is 15.6. The molecule has 0 aliphatic carbocycles. The molecule has 2 aromatic carbocycles. The lowest BCUT2D eigenvalue weighted by Crippen LogP contribution is -2.21. The fraction of sp³-hybridized carbons (Fsp3) is 0.0909. The van der Waals surface area contributed by atoms with Crippen LogP contribution in [0.15, 0.2) is 72.9 Å². The van der Waals surface area contributed by atoms with Gasteiger partial charge in [-0.05, 0) is 37.3 Å². The number of benzene rings is 2. The van der Waals surface area contributed by atoms with Crippen molar-refractivity contribution in [2.24, 2.45) is 0 Å². The van der Waals surface area contributed by atoms with Crippen molar-refractivity contribution in [3.05, 3.63) is 78.5 Å². The van der Waals surface area contributed by atoms with Crippen molar-refractivity contribution in [3.63, 3.8) is 0 Å². The molecule has 4 aromatic rings. The molecule has 4 rings (SSSR count). The molecule has 0 saturated heterocycles. The average Bonchev–Trinajstić information content (AvgIpc) is 3.07. The van der Waals surface area contributed by atoms with Crippen LogP contribution in [-0.4, -0.2) is 22.5 Å². The molecule has 0 atom stereocenters. The van der Waals surface area contributed by atoms with Crippen LogP contribution in [0.25, 0.3) is 16.9 Å². The highest BCUT2D eigenvalue weighted by Crippen LogP contribution is 2.30. The van der Waals surface area contributed by atoms with Crippen molar-refractivity contribution in [1.82, 2.24) is 9.38 Å². The number of rotatable bonds is 4. The van der Waals surface area contributed by atoms with Gasteiger partial charge >= 0.3 is 6.03 Å². The number of pyridine rings is 1. The molecule has 0 unspecified atom stereocenters. The molecule has 0 saturated carbocycles. The summed E-state index contributed by atoms with van der Waals surface area (Å²) >= 11 is 0. The average molecular weight is 372 g/mol. The third kappa shape index (κ3) is 3.40. The number of imidazole rings is 1. The second-order valence-electron chi connectivity index (χ2n) is 6.39. The largest absolute Gasteiger partial charge is 0.495 e. The number of hydrogen-bond donors (Lipinski definition) is 2. The van der Waals surface area contributed by atoms with Crippen molar-refractivity contribution in [2.75, 3.05) is 17.7 Å². The minimum absolute atomic E-state index is 0.371. The van der Waals surface area contributed by atoms with Gasteiger partial charge in [0.05, 0.1) is 12.8 Å². The number of urea groups is 1. The predicted octanol–water partition coefficient (Wildman–Crippen LogP) is 4.96. The Hall–Kier alpha value is -3.80. The van der Waals surface area contributed by atoms with E-state index in [1.54, 1.807) is 19.2 Å². The fourth-order valence-electron chi connectivity index (χ4n) is 3.12. The summed E-state index contributed by atoms with van der Waals surface area (Å²) in [6.07, 6.45) is 1.88. The number of para-hydroxylation sites is 2. The molecule has 0 spiro atoms. The quantitative estimate of drug-likeness (QED) is 0.532. The van der Waals surface area contributed by atoms with E-state index in [4.69, 9.17) is 9.72 Å². The van der Waals surface area contributed by atoms with Crippen LogP contribution >= 0.6 is 0 Å². The number of aromatic nitrogens is 2. The summed E-state index contributed by atoms with van der Waals surface area (Å²) in [6.45, 7) is 2.03. The molecule has 2 aromatic heterocycles. The number of anilines is 2. The van der Waals surface area contributed by atoms with Gasteiger partial charge in [-0.25, -0.2) is 9.78 Å². The van der Waals surface area contributed by atoms with Crippen molar-refractivity contribution >= 4 is 23.2 Å². The first kappa shape index (κ1) is 17.6. The Labute approximate surface area is 162 Å². The van der Waals surface area contributed by atoms with Crippen molar-refractivity contribution in [3.8, 4) is 17.0 Å². The number of nitrogens with one attached hydrogen (secondary N) is 2. The standard InChI is InChI=1S/C22H20N4O2/c1-15-8-7-9-16(14-15)20-21(26-13-6-5-12-19(26)24-20)25-22(27)23-17-10-3-4-11-18(17)28-2/h3-14H,1-2H3,(H2,23,25,27). The van der Waals surface area contributed by atoms with Gasteiger partial charge in [0, 0.05) is 11.8 Å². The minimum atomic E-state index is -0.371. The second-order valence-corrected chi connectivity index (χ2v) is 6.39. The van der Waals surface area contributed by atoms with Crippen LogP contribution in [0.1, 0.15) is 5.56 Å². The second kappa shape index (κ2) is 7.44. The number of fused-ring (bicyclic) bond motifs is 1. The van der Waals surface area contributed by atoms with Crippen LogP contribution in [0.5, 0.6) is 5.75 Å². The van der Waals surface area contributed by atoms with Gasteiger partial charge in [0.15, 0.2) is 0 Å². The van der Waals surface area contributed by atoms with Gasteiger partial charge in [0.1, 0.15) is 22.9 Å². The summed E-state index contributed by atoms with van der Waals surface area (Å²) in [5, 5.41) is 5.78. The van der Waals surface area contributed by atoms with Crippen LogP contribution in [0.3, 0.4) is 0 Å². The highest BCUT2D eigenvalue weighted by atomic mass is 16.5. The maximum Gasteiger partial charge on any atom is 0.324 e. The van der Waals surface area contributed by atoms with Gasteiger partial charge in [-0.15, -0.1) is 0 Å². The Balaban J connectivity index is 1.71. The Bertz CT molecular complexity index is 1150. The Kier molecular flexibility index (Phi) is 4.68. The summed E-state index contributed by atoms with van der Waals surface area (Å²) < 4.78 is 7.16. The molecule has 2 amide bonds. The van der Waals surface area contributed by atoms with E-state index in [0.29, 0.717) is 22.9 Å². The molecular formula is C22H20N4O2. The van der Waals surface area contributed by atoms with Crippen molar-refractivity contribution in [2.45, 2.75) is 6.92 Å². The van der Waals surface area contributed by atoms with Crippen LogP contribution in [-0.2, 0) is 0 Å². The summed E-state index contributed by atoms with van der Waals surface area (Å²) in [5.74, 6) is 1.20. The van der Waals surface area contributed by atoms with Gasteiger partial charge in [0.2, 0.25) is 0 Å². The molecule has 0 bridgehead atoms. The normalized spacial score (nSPS) is 10.6. The lowest BCUT2D eigenvalue weighted by atomic mass is 10.1. The lowest BCUT2D eigenvalue weighted by Gasteiger charge is -2.12. The molecule has 6 nitrogen and oxygen atoms in total. The summed E-state index contributed by atoms with van der Waals surface area (Å²) in [5.41, 5.74) is 4.13. The number of methoxy groups -OCH3 is 1. The molecular weight excluding hydrogens is 352 g/mol. The highest BCUT2D eigenvalue weighted by Gasteiger charge is 2.17. The molecule has 28 heavy (non-hydrogen) atoms. The van der Waals surface area contributed by atoms with E-state index in [9.17, 15) is 4.79 Å². The topological polar surface area (TPSA) is 67.7 Å². The molecule has 0 radical (unpaired) electrons. The smallest absolute Gasteiger partial charge is 0.324 e. The monoisotopic (exact) mass is 372 g/mol. The third-order valence-corrected chi connectivity index (χ3v) is 4.41. The summed E-state index contributed by atoms with van der Waals surface area (Å²) in [7, 11) is 1.57. The number of amides is 2. The first-order valence-corrected chi connectivity index (χ1v) is 8.91. The maximum absolute atomic E-state index is 12.7. The SMILES string of the molecule is COc1ccccc1NC(=O)Nc1c(-c2cccc(C)c2)nc2ccccn12. The van der Waals surface area contributed by atoms with Crippen LogP contribution in [0.2, 0.25) is 0 Å². The number of carbonyl (C=O) groups is 1. The van der Waals surface area contributed by atoms with E-state index in [1.807, 2.05) is 72.1 Å². The first-order chi connectivity index (χ1) is 13.7. The zero-order valence-corrected chi connectivity index (χ0v) is 15.6. The molecule has 2 heterocycles. The number of nitrogens with zero attached hydrogens (tertiary/aromatic N) is 2. The zero-order chi connectivity index (χ0) is 19.5. The molecule has 140 valence electrons. The van der Waals surface area contributed by atoms with Gasteiger partial charge in [0.25, 0.3) is 0 Å². The van der Waals surface area contributed by atoms with Crippen molar-refractivity contribution < 1.29 is 9.53 Å². The molecule has 6 heteroatoms. The molecule has 0 aliphatic heterocycles. The number of ether oxygens (including phenoxy) is 1. The van der Waals surface area contributed by atoms with E-state index in [1.165, 1.54) is 0 Å². The number of carbonyl (C=O) groups excluding carboxylic acids is 1. The van der Waals surface area contributed by atoms with E-state index < -0.39 is 0 Å². The number of hydrogen-bond acceptors (Lipinski definition) is 3. The third-order valence-electron chi connectivity index (χ3n) is 4.41. The predicted molar refractivity (Wildman–Crippen MR) is 111 cm³/mol. The van der Waals surface area contributed by atoms with Gasteiger partial charge < -0.3 is 10.1 Å². The number of aryl methyl sites for hydroxylation is 1. The van der Waals surface area contributed by atoms with Crippen LogP contribution < -0.4 is 15.4 Å². The first-order valence-electron chi connectivity index (χ1n) is 8.91. The fourth-order valence-corrected chi connectivity index (χ4v) is 3.12. The van der Waals surface area contributed by atoms with E-state index in [2.05, 4.69) is 10.6 Å². The van der Waals surface area contributed by atoms with E-state index in [-0.39, 0.29) is 6.03 Å². The minimum Gasteiger partial charge on any atom is -0.495 e. The molecule has 0 fully saturated rings. The highest BCUT2D eigenvalue weighted by molar-refractivity contribution is 6.02. The van der Waals surface area contributed by atoms with Gasteiger partial charge in [-0.2, -0.15) is 0 Å². The summed E-state index contributed by atoms with van der Waals surface area (Å²) in [6, 6.07) is 20.7. The van der Waals surface area contributed by atoms with Crippen molar-refractivity contribution in [1.29, 1.82) is 0 Å². The van der Waals surface area contributed by atoms with Crippen LogP contribution in [0.4, 0.5) is 16.3 Å². The maximum atomic E-state index is 12.7. The molecule has 2 N–H and O–H groups in total. The van der Waals surface area contributed by atoms with E-state index in [0.717, 1.165) is 16.8 Å². The van der Waals surface area contributed by atoms with Crippen LogP contribution in [0, 0.1) is 6.92 Å². The Morgan fingerprint density at radius 2 is 1.82 bits per heavy atom. The lowest BCUT2D eigenvalue weighted by molar-refractivity contribution is 0.262.